The van der Waals surface area contributed by atoms with Gasteiger partial charge in [-0.05, 0) is 163 Å². The zero-order valence-electron chi connectivity index (χ0n) is 31.8. The largest absolute Gasteiger partial charge is 0.310 e. The first kappa shape index (κ1) is 33.6. The molecule has 10 aromatic rings. The Balaban J connectivity index is 0.939. The first-order valence-electron chi connectivity index (χ1n) is 19.9. The number of rotatable bonds is 8. The number of anilines is 6. The molecule has 2 nitrogen and oxygen atoms in total. The van der Waals surface area contributed by atoms with Crippen LogP contribution < -0.4 is 9.80 Å². The van der Waals surface area contributed by atoms with Gasteiger partial charge in [-0.2, -0.15) is 0 Å². The van der Waals surface area contributed by atoms with Crippen LogP contribution >= 0.6 is 0 Å². The van der Waals surface area contributed by atoms with Crippen molar-refractivity contribution in [1.82, 2.24) is 0 Å². The van der Waals surface area contributed by atoms with Crippen LogP contribution in [0.15, 0.2) is 231 Å². The summed E-state index contributed by atoms with van der Waals surface area (Å²) in [6, 6.07) is 83.5. The summed E-state index contributed by atoms with van der Waals surface area (Å²) in [4.78, 5) is 4.70. The predicted octanol–water partition coefficient (Wildman–Crippen LogP) is 15.9. The van der Waals surface area contributed by atoms with Crippen molar-refractivity contribution in [3.63, 3.8) is 0 Å². The number of para-hydroxylation sites is 2. The smallest absolute Gasteiger partial charge is 0.0468 e. The highest BCUT2D eigenvalue weighted by Crippen LogP contribution is 2.51. The molecule has 0 N–H and O–H groups in total. The van der Waals surface area contributed by atoms with Crippen LogP contribution in [0.25, 0.3) is 66.1 Å². The van der Waals surface area contributed by atoms with E-state index in [9.17, 15) is 0 Å². The van der Waals surface area contributed by atoms with E-state index >= 15 is 0 Å². The van der Waals surface area contributed by atoms with Crippen LogP contribution in [0.1, 0.15) is 0 Å². The molecule has 0 aliphatic heterocycles. The van der Waals surface area contributed by atoms with Crippen LogP contribution in [0.2, 0.25) is 0 Å². The third-order valence-corrected chi connectivity index (χ3v) is 11.5. The van der Waals surface area contributed by atoms with E-state index in [1.165, 1.54) is 66.1 Å². The molecule has 0 unspecified atom stereocenters. The molecule has 0 aromatic heterocycles. The monoisotopic (exact) mass is 738 g/mol. The summed E-state index contributed by atoms with van der Waals surface area (Å²) in [6.07, 6.45) is 0. The average Bonchev–Trinajstić information content (AvgIpc) is 3.30. The molecule has 1 aliphatic carbocycles. The molecule has 0 saturated heterocycles. The third-order valence-electron chi connectivity index (χ3n) is 11.5. The average molecular weight is 739 g/mol. The number of hydrogen-bond donors (Lipinski definition) is 0. The van der Waals surface area contributed by atoms with E-state index < -0.39 is 0 Å². The molecule has 0 amide bonds. The highest BCUT2D eigenvalue weighted by molar-refractivity contribution is 6.12. The zero-order chi connectivity index (χ0) is 38.4. The fourth-order valence-corrected chi connectivity index (χ4v) is 8.59. The van der Waals surface area contributed by atoms with Gasteiger partial charge in [0, 0.05) is 34.1 Å². The zero-order valence-corrected chi connectivity index (χ0v) is 31.8. The van der Waals surface area contributed by atoms with Gasteiger partial charge in [0.1, 0.15) is 0 Å². The lowest BCUT2D eigenvalue weighted by atomic mass is 9.78. The first-order valence-corrected chi connectivity index (χ1v) is 19.9. The summed E-state index contributed by atoms with van der Waals surface area (Å²) < 4.78 is 0. The fourth-order valence-electron chi connectivity index (χ4n) is 8.59. The van der Waals surface area contributed by atoms with Crippen molar-refractivity contribution >= 4 is 55.7 Å². The van der Waals surface area contributed by atoms with Crippen LogP contribution in [0.4, 0.5) is 34.1 Å². The van der Waals surface area contributed by atoms with Gasteiger partial charge in [-0.25, -0.2) is 0 Å². The Morgan fingerprint density at radius 3 is 0.828 bits per heavy atom. The molecule has 10 aromatic carbocycles. The van der Waals surface area contributed by atoms with Crippen molar-refractivity contribution < 1.29 is 0 Å². The molecule has 0 fully saturated rings. The van der Waals surface area contributed by atoms with Crippen LogP contribution in [0.5, 0.6) is 0 Å². The molecular formula is C56H38N2. The molecule has 2 heteroatoms. The molecule has 0 bridgehead atoms. The minimum atomic E-state index is 1.13. The van der Waals surface area contributed by atoms with Crippen molar-refractivity contribution in [2.75, 3.05) is 9.80 Å². The summed E-state index contributed by atoms with van der Waals surface area (Å²) >= 11 is 0. The molecule has 58 heavy (non-hydrogen) atoms. The molecule has 0 radical (unpaired) electrons. The Morgan fingerprint density at radius 2 is 0.466 bits per heavy atom. The molecular weight excluding hydrogens is 701 g/mol. The topological polar surface area (TPSA) is 6.48 Å². The van der Waals surface area contributed by atoms with Crippen molar-refractivity contribution in [2.24, 2.45) is 0 Å². The highest BCUT2D eigenvalue weighted by atomic mass is 15.1. The van der Waals surface area contributed by atoms with Gasteiger partial charge >= 0.3 is 0 Å². The van der Waals surface area contributed by atoms with Crippen molar-refractivity contribution in [1.29, 1.82) is 0 Å². The van der Waals surface area contributed by atoms with Gasteiger partial charge in [-0.1, -0.05) is 133 Å². The number of hydrogen-bond acceptors (Lipinski definition) is 2. The van der Waals surface area contributed by atoms with Crippen molar-refractivity contribution in [2.45, 2.75) is 0 Å². The molecule has 11 rings (SSSR count). The Kier molecular flexibility index (Phi) is 8.19. The number of benzene rings is 10. The maximum Gasteiger partial charge on any atom is 0.0468 e. The Labute approximate surface area is 339 Å². The van der Waals surface area contributed by atoms with E-state index in [1.54, 1.807) is 0 Å². The maximum absolute atomic E-state index is 2.38. The fraction of sp³-hybridized carbons (Fsp3) is 0. The van der Waals surface area contributed by atoms with Crippen LogP contribution in [-0.2, 0) is 0 Å². The van der Waals surface area contributed by atoms with Gasteiger partial charge in [-0.15, -0.1) is 0 Å². The van der Waals surface area contributed by atoms with E-state index in [4.69, 9.17) is 0 Å². The van der Waals surface area contributed by atoms with Gasteiger partial charge in [0.15, 0.2) is 0 Å². The normalized spacial score (nSPS) is 11.4. The van der Waals surface area contributed by atoms with E-state index in [-0.39, 0.29) is 0 Å². The van der Waals surface area contributed by atoms with Crippen LogP contribution in [0.3, 0.4) is 0 Å². The molecule has 272 valence electrons. The van der Waals surface area contributed by atoms with Gasteiger partial charge in [0.2, 0.25) is 0 Å². The third kappa shape index (κ3) is 6.00. The maximum atomic E-state index is 2.38. The molecule has 0 heterocycles. The summed E-state index contributed by atoms with van der Waals surface area (Å²) in [6.45, 7) is 0. The van der Waals surface area contributed by atoms with E-state index in [0.717, 1.165) is 34.1 Å². The molecule has 0 spiro atoms. The van der Waals surface area contributed by atoms with Gasteiger partial charge in [0.25, 0.3) is 0 Å². The van der Waals surface area contributed by atoms with Crippen LogP contribution in [-0.4, -0.2) is 0 Å². The van der Waals surface area contributed by atoms with E-state index in [1.807, 2.05) is 0 Å². The number of nitrogens with zero attached hydrogens (tertiary/aromatic N) is 2. The Hall–Kier alpha value is -7.68. The summed E-state index contributed by atoms with van der Waals surface area (Å²) in [7, 11) is 0. The Morgan fingerprint density at radius 1 is 0.190 bits per heavy atom. The van der Waals surface area contributed by atoms with Gasteiger partial charge in [-0.3, -0.25) is 0 Å². The second kappa shape index (κ2) is 14.1. The van der Waals surface area contributed by atoms with Gasteiger partial charge in [0.05, 0.1) is 0 Å². The highest BCUT2D eigenvalue weighted by Gasteiger charge is 2.25. The first-order chi connectivity index (χ1) is 28.7. The SMILES string of the molecule is c1ccc(-c2ccc(N(c3ccccc3)c3ccc4cc5c(cc4c3)-c3cc4ccc(N(c6ccccc6)c6ccc(-c7ccccc7)cc6)cc4cc3-5)cc2)cc1. The predicted molar refractivity (Wildman–Crippen MR) is 246 cm³/mol. The minimum absolute atomic E-state index is 1.13. The molecule has 0 atom stereocenters. The minimum Gasteiger partial charge on any atom is -0.310 e. The van der Waals surface area contributed by atoms with Crippen molar-refractivity contribution in [3.8, 4) is 44.5 Å². The summed E-state index contributed by atoms with van der Waals surface area (Å²) in [5.74, 6) is 0. The van der Waals surface area contributed by atoms with Crippen molar-refractivity contribution in [3.05, 3.63) is 231 Å². The second-order valence-corrected chi connectivity index (χ2v) is 15.0. The lowest BCUT2D eigenvalue weighted by Gasteiger charge is -2.28. The quantitative estimate of drug-likeness (QED) is 0.153. The standard InChI is InChI=1S/C56H38N2/c1-5-13-39(14-6-1)41-21-27-49(28-22-41)57(47-17-9-3-10-18-47)51-31-25-43-35-53-55(37-45(43)33-51)54-36-44-26-32-52(34-46(44)38-56(53)54)58(48-19-11-4-12-20-48)50-29-23-42(24-30-50)40-15-7-2-8-16-40/h1-38H. The lowest BCUT2D eigenvalue weighted by Crippen LogP contribution is -2.10. The van der Waals surface area contributed by atoms with E-state index in [0.29, 0.717) is 0 Å². The molecule has 0 saturated carbocycles. The Bertz CT molecular complexity index is 2840. The van der Waals surface area contributed by atoms with E-state index in [2.05, 4.69) is 240 Å². The number of fused-ring (bicyclic) bond motifs is 6. The second-order valence-electron chi connectivity index (χ2n) is 15.0. The lowest BCUT2D eigenvalue weighted by molar-refractivity contribution is 1.29. The summed E-state index contributed by atoms with van der Waals surface area (Å²) in [5.41, 5.74) is 16.9. The molecule has 1 aliphatic rings. The van der Waals surface area contributed by atoms with Gasteiger partial charge < -0.3 is 9.80 Å². The van der Waals surface area contributed by atoms with Crippen LogP contribution in [0, 0.1) is 0 Å². The summed E-state index contributed by atoms with van der Waals surface area (Å²) in [5, 5.41) is 4.94.